The molecule has 2 rings (SSSR count). The molecule has 2 aromatic carbocycles. The number of benzene rings is 2. The molecule has 0 aliphatic carbocycles. The number of ether oxygens (including phenoxy) is 2. The van der Waals surface area contributed by atoms with Crippen molar-refractivity contribution in [3.63, 3.8) is 0 Å². The lowest BCUT2D eigenvalue weighted by atomic mass is 10.1. The van der Waals surface area contributed by atoms with Crippen LogP contribution in [0.5, 0.6) is 0 Å². The molecule has 0 amide bonds. The quantitative estimate of drug-likeness (QED) is 0.146. The van der Waals surface area contributed by atoms with Gasteiger partial charge in [-0.25, -0.2) is 9.59 Å². The van der Waals surface area contributed by atoms with Gasteiger partial charge in [-0.15, -0.1) is 0 Å². The zero-order valence-corrected chi connectivity index (χ0v) is 19.0. The molecule has 0 saturated heterocycles. The summed E-state index contributed by atoms with van der Waals surface area (Å²) in [4.78, 5) is 23.3. The molecule has 0 N–H and O–H groups in total. The van der Waals surface area contributed by atoms with E-state index in [1.54, 1.807) is 13.0 Å². The van der Waals surface area contributed by atoms with E-state index in [-0.39, 0.29) is 11.9 Å². The molecule has 0 saturated carbocycles. The Balaban J connectivity index is 1.45. The van der Waals surface area contributed by atoms with E-state index < -0.39 is 0 Å². The molecule has 4 nitrogen and oxygen atoms in total. The van der Waals surface area contributed by atoms with Crippen LogP contribution in [0.2, 0.25) is 0 Å². The summed E-state index contributed by atoms with van der Waals surface area (Å²) in [6.07, 6.45) is 15.1. The van der Waals surface area contributed by atoms with Gasteiger partial charge in [0.25, 0.3) is 0 Å². The van der Waals surface area contributed by atoms with Gasteiger partial charge in [-0.1, -0.05) is 73.9 Å². The highest BCUT2D eigenvalue weighted by Crippen LogP contribution is 2.09. The zero-order valence-electron chi connectivity index (χ0n) is 19.0. The minimum absolute atomic E-state index is 0.271. The molecule has 0 radical (unpaired) electrons. The highest BCUT2D eigenvalue weighted by atomic mass is 16.5. The van der Waals surface area contributed by atoms with Crippen molar-refractivity contribution in [2.45, 2.75) is 51.9 Å². The average Bonchev–Trinajstić information content (AvgIpc) is 2.82. The minimum Gasteiger partial charge on any atom is -0.463 e. The van der Waals surface area contributed by atoms with Crippen molar-refractivity contribution in [1.82, 2.24) is 0 Å². The number of carbonyl (C=O) groups is 2. The summed E-state index contributed by atoms with van der Waals surface area (Å²) in [5, 5.41) is 0. The average molecular weight is 435 g/mol. The molecule has 32 heavy (non-hydrogen) atoms. The van der Waals surface area contributed by atoms with Gasteiger partial charge >= 0.3 is 11.9 Å². The van der Waals surface area contributed by atoms with Crippen molar-refractivity contribution in [3.05, 3.63) is 89.5 Å². The Morgan fingerprint density at radius 3 is 2.28 bits per heavy atom. The van der Waals surface area contributed by atoms with Crippen molar-refractivity contribution in [3.8, 4) is 0 Å². The van der Waals surface area contributed by atoms with E-state index in [0.29, 0.717) is 18.8 Å². The summed E-state index contributed by atoms with van der Waals surface area (Å²) in [7, 11) is 0. The third kappa shape index (κ3) is 10.8. The SMILES string of the molecule is CCOC(=O)c1ccc(C/C=C/CCCCCCCOC(=O)/C=C/c2ccccc2)cc1. The van der Waals surface area contributed by atoms with E-state index in [4.69, 9.17) is 9.47 Å². The van der Waals surface area contributed by atoms with Gasteiger partial charge in [-0.05, 0) is 61.9 Å². The predicted octanol–water partition coefficient (Wildman–Crippen LogP) is 6.56. The van der Waals surface area contributed by atoms with E-state index in [1.807, 2.05) is 54.6 Å². The third-order valence-corrected chi connectivity index (χ3v) is 4.96. The van der Waals surface area contributed by atoms with Gasteiger partial charge < -0.3 is 9.47 Å². The van der Waals surface area contributed by atoms with Crippen molar-refractivity contribution >= 4 is 18.0 Å². The number of esters is 2. The second kappa shape index (κ2) is 15.6. The fraction of sp³-hybridized carbons (Fsp3) is 0.357. The molecule has 0 atom stereocenters. The maximum atomic E-state index is 11.7. The molecule has 170 valence electrons. The molecule has 0 fully saturated rings. The van der Waals surface area contributed by atoms with Crippen LogP contribution in [0.25, 0.3) is 6.08 Å². The van der Waals surface area contributed by atoms with Gasteiger partial charge in [0, 0.05) is 6.08 Å². The van der Waals surface area contributed by atoms with E-state index in [2.05, 4.69) is 12.2 Å². The van der Waals surface area contributed by atoms with E-state index >= 15 is 0 Å². The first-order chi connectivity index (χ1) is 15.7. The number of allylic oxidation sites excluding steroid dienone is 2. The van der Waals surface area contributed by atoms with E-state index in [9.17, 15) is 9.59 Å². The molecular weight excluding hydrogens is 400 g/mol. The first-order valence-corrected chi connectivity index (χ1v) is 11.5. The van der Waals surface area contributed by atoms with Gasteiger partial charge in [0.2, 0.25) is 0 Å². The maximum absolute atomic E-state index is 11.7. The van der Waals surface area contributed by atoms with Crippen LogP contribution in [0.4, 0.5) is 0 Å². The molecule has 0 bridgehead atoms. The van der Waals surface area contributed by atoms with Crippen LogP contribution in [0.1, 0.15) is 66.9 Å². The normalized spacial score (nSPS) is 11.2. The number of unbranched alkanes of at least 4 members (excludes halogenated alkanes) is 5. The first-order valence-electron chi connectivity index (χ1n) is 11.5. The fourth-order valence-electron chi connectivity index (χ4n) is 3.17. The Morgan fingerprint density at radius 2 is 1.53 bits per heavy atom. The van der Waals surface area contributed by atoms with Crippen LogP contribution in [-0.4, -0.2) is 25.2 Å². The topological polar surface area (TPSA) is 52.6 Å². The molecule has 0 unspecified atom stereocenters. The summed E-state index contributed by atoms with van der Waals surface area (Å²) in [5.74, 6) is -0.554. The number of hydrogen-bond acceptors (Lipinski definition) is 4. The molecule has 0 aliphatic rings. The summed E-state index contributed by atoms with van der Waals surface area (Å²) >= 11 is 0. The van der Waals surface area contributed by atoms with Gasteiger partial charge in [0.15, 0.2) is 0 Å². The van der Waals surface area contributed by atoms with Crippen molar-refractivity contribution in [2.24, 2.45) is 0 Å². The summed E-state index contributed by atoms with van der Waals surface area (Å²) < 4.78 is 10.2. The summed E-state index contributed by atoms with van der Waals surface area (Å²) in [6.45, 7) is 2.68. The Kier molecular flexibility index (Phi) is 12.3. The monoisotopic (exact) mass is 434 g/mol. The van der Waals surface area contributed by atoms with Crippen LogP contribution in [0.3, 0.4) is 0 Å². The minimum atomic E-state index is -0.283. The zero-order chi connectivity index (χ0) is 22.9. The van der Waals surface area contributed by atoms with Gasteiger partial charge in [-0.2, -0.15) is 0 Å². The molecule has 4 heteroatoms. The predicted molar refractivity (Wildman–Crippen MR) is 129 cm³/mol. The lowest BCUT2D eigenvalue weighted by Crippen LogP contribution is -2.04. The summed E-state index contributed by atoms with van der Waals surface area (Å²) in [6, 6.07) is 17.3. The number of carbonyl (C=O) groups excluding carboxylic acids is 2. The van der Waals surface area contributed by atoms with Crippen molar-refractivity contribution in [1.29, 1.82) is 0 Å². The maximum Gasteiger partial charge on any atom is 0.338 e. The second-order valence-corrected chi connectivity index (χ2v) is 7.56. The van der Waals surface area contributed by atoms with E-state index in [0.717, 1.165) is 44.1 Å². The van der Waals surface area contributed by atoms with Crippen LogP contribution >= 0.6 is 0 Å². The van der Waals surface area contributed by atoms with E-state index in [1.165, 1.54) is 18.1 Å². The molecule has 0 aliphatic heterocycles. The lowest BCUT2D eigenvalue weighted by molar-refractivity contribution is -0.137. The van der Waals surface area contributed by atoms with Crippen LogP contribution in [0.15, 0.2) is 72.8 Å². The Hall–Kier alpha value is -3.14. The standard InChI is InChI=1S/C28H34O4/c1-2-31-28(30)26-20-17-25(18-21-26)16-10-7-5-3-4-6-8-13-23-32-27(29)22-19-24-14-11-9-12-15-24/h7,9-12,14-15,17-22H,2-6,8,13,16,23H2,1H3/b10-7+,22-19+. The molecule has 0 heterocycles. The highest BCUT2D eigenvalue weighted by molar-refractivity contribution is 5.89. The van der Waals surface area contributed by atoms with Crippen molar-refractivity contribution < 1.29 is 19.1 Å². The molecule has 2 aromatic rings. The molecule has 0 aromatic heterocycles. The fourth-order valence-corrected chi connectivity index (χ4v) is 3.17. The Morgan fingerprint density at radius 1 is 0.812 bits per heavy atom. The number of rotatable bonds is 14. The smallest absolute Gasteiger partial charge is 0.338 e. The van der Waals surface area contributed by atoms with Gasteiger partial charge in [0.1, 0.15) is 0 Å². The van der Waals surface area contributed by atoms with Crippen molar-refractivity contribution in [2.75, 3.05) is 13.2 Å². The van der Waals surface area contributed by atoms with Crippen LogP contribution in [-0.2, 0) is 20.7 Å². The van der Waals surface area contributed by atoms with Crippen LogP contribution < -0.4 is 0 Å². The lowest BCUT2D eigenvalue weighted by Gasteiger charge is -2.03. The Bertz CT molecular complexity index is 851. The third-order valence-electron chi connectivity index (χ3n) is 4.96. The van der Waals surface area contributed by atoms with Crippen LogP contribution in [0, 0.1) is 0 Å². The largest absolute Gasteiger partial charge is 0.463 e. The number of hydrogen-bond donors (Lipinski definition) is 0. The van der Waals surface area contributed by atoms with Gasteiger partial charge in [0.05, 0.1) is 18.8 Å². The molecular formula is C28H34O4. The van der Waals surface area contributed by atoms with Gasteiger partial charge in [-0.3, -0.25) is 0 Å². The highest BCUT2D eigenvalue weighted by Gasteiger charge is 2.04. The summed E-state index contributed by atoms with van der Waals surface area (Å²) in [5.41, 5.74) is 2.77. The first kappa shape index (κ1) is 25.1. The molecule has 0 spiro atoms. The Labute approximate surface area is 191 Å². The second-order valence-electron chi connectivity index (χ2n) is 7.56.